The van der Waals surface area contributed by atoms with Gasteiger partial charge in [-0.05, 0) is 19.3 Å². The predicted molar refractivity (Wildman–Crippen MR) is 77.5 cm³/mol. The van der Waals surface area contributed by atoms with Crippen LogP contribution in [0.4, 0.5) is 0 Å². The first-order valence-electron chi connectivity index (χ1n) is 7.92. The van der Waals surface area contributed by atoms with E-state index in [2.05, 4.69) is 35.9 Å². The van der Waals surface area contributed by atoms with Crippen molar-refractivity contribution in [3.8, 4) is 0 Å². The SMILES string of the molecule is CCCCCCCCCC(CCC)[n+]1cc[nH]c1.[Br-]. The van der Waals surface area contributed by atoms with Crippen molar-refractivity contribution in [3.05, 3.63) is 18.7 Å². The first-order valence-corrected chi connectivity index (χ1v) is 7.92. The minimum Gasteiger partial charge on any atom is -1.00 e. The van der Waals surface area contributed by atoms with Crippen LogP contribution in [-0.2, 0) is 0 Å². The molecule has 0 amide bonds. The standard InChI is InChI=1S/C16H30N2.BrH/c1-3-5-6-7-8-9-10-12-16(11-4-2)18-14-13-17-15-18;/h13-16H,3-12H2,1-2H3;1H. The van der Waals surface area contributed by atoms with E-state index in [4.69, 9.17) is 0 Å². The average molecular weight is 331 g/mol. The highest BCUT2D eigenvalue weighted by Gasteiger charge is 2.13. The molecule has 2 nitrogen and oxygen atoms in total. The first kappa shape index (κ1) is 18.7. The maximum atomic E-state index is 3.16. The van der Waals surface area contributed by atoms with Crippen molar-refractivity contribution >= 4 is 0 Å². The third kappa shape index (κ3) is 8.46. The van der Waals surface area contributed by atoms with Gasteiger partial charge >= 0.3 is 0 Å². The lowest BCUT2D eigenvalue weighted by Gasteiger charge is -2.12. The second-order valence-electron chi connectivity index (χ2n) is 5.41. The number of unbranched alkanes of at least 4 members (excludes halogenated alkanes) is 6. The normalized spacial score (nSPS) is 12.1. The average Bonchev–Trinajstić information content (AvgIpc) is 2.90. The highest BCUT2D eigenvalue weighted by atomic mass is 79.9. The summed E-state index contributed by atoms with van der Waals surface area (Å²) in [5.74, 6) is 0. The van der Waals surface area contributed by atoms with Crippen LogP contribution in [0.15, 0.2) is 18.7 Å². The molecule has 1 aromatic heterocycles. The van der Waals surface area contributed by atoms with Crippen molar-refractivity contribution in [1.82, 2.24) is 4.98 Å². The molecule has 1 aromatic rings. The number of hydrogen-bond donors (Lipinski definition) is 1. The molecule has 1 unspecified atom stereocenters. The minimum atomic E-state index is 0. The van der Waals surface area contributed by atoms with E-state index in [1.807, 2.05) is 6.20 Å². The second-order valence-corrected chi connectivity index (χ2v) is 5.41. The van der Waals surface area contributed by atoms with Crippen LogP contribution in [0, 0.1) is 0 Å². The fraction of sp³-hybridized carbons (Fsp3) is 0.812. The number of H-pyrrole nitrogens is 1. The fourth-order valence-electron chi connectivity index (χ4n) is 2.64. The van der Waals surface area contributed by atoms with Gasteiger partial charge in [-0.3, -0.25) is 4.98 Å². The summed E-state index contributed by atoms with van der Waals surface area (Å²) in [5.41, 5.74) is 0. The number of aromatic nitrogens is 2. The Morgan fingerprint density at radius 1 is 0.895 bits per heavy atom. The molecule has 0 aliphatic heterocycles. The summed E-state index contributed by atoms with van der Waals surface area (Å²) in [6.07, 6.45) is 20.1. The van der Waals surface area contributed by atoms with E-state index >= 15 is 0 Å². The van der Waals surface area contributed by atoms with E-state index in [9.17, 15) is 0 Å². The van der Waals surface area contributed by atoms with Crippen LogP contribution in [-0.4, -0.2) is 4.98 Å². The van der Waals surface area contributed by atoms with Crippen molar-refractivity contribution in [2.75, 3.05) is 0 Å². The molecule has 0 aliphatic carbocycles. The largest absolute Gasteiger partial charge is 1.00 e. The molecular formula is C16H31BrN2. The Morgan fingerprint density at radius 3 is 2.16 bits per heavy atom. The smallest absolute Gasteiger partial charge is 0.241 e. The number of hydrogen-bond acceptors (Lipinski definition) is 0. The van der Waals surface area contributed by atoms with Crippen molar-refractivity contribution in [2.45, 2.75) is 84.1 Å². The van der Waals surface area contributed by atoms with Gasteiger partial charge in [0.15, 0.2) is 0 Å². The lowest BCUT2D eigenvalue weighted by Crippen LogP contribution is -3.00. The van der Waals surface area contributed by atoms with Gasteiger partial charge in [0.2, 0.25) is 6.33 Å². The summed E-state index contributed by atoms with van der Waals surface area (Å²) in [6.45, 7) is 4.56. The van der Waals surface area contributed by atoms with Crippen molar-refractivity contribution in [1.29, 1.82) is 0 Å². The zero-order chi connectivity index (χ0) is 13.1. The summed E-state index contributed by atoms with van der Waals surface area (Å²) >= 11 is 0. The van der Waals surface area contributed by atoms with Crippen LogP contribution in [0.5, 0.6) is 0 Å². The van der Waals surface area contributed by atoms with Crippen LogP contribution in [0.25, 0.3) is 0 Å². The lowest BCUT2D eigenvalue weighted by atomic mass is 10.0. The highest BCUT2D eigenvalue weighted by Crippen LogP contribution is 2.16. The van der Waals surface area contributed by atoms with E-state index in [-0.39, 0.29) is 17.0 Å². The van der Waals surface area contributed by atoms with Crippen LogP contribution in [0.2, 0.25) is 0 Å². The van der Waals surface area contributed by atoms with Crippen molar-refractivity contribution < 1.29 is 21.5 Å². The van der Waals surface area contributed by atoms with Gasteiger partial charge in [0.25, 0.3) is 0 Å². The molecule has 0 spiro atoms. The zero-order valence-electron chi connectivity index (χ0n) is 12.7. The van der Waals surface area contributed by atoms with Crippen LogP contribution >= 0.6 is 0 Å². The summed E-state index contributed by atoms with van der Waals surface area (Å²) in [7, 11) is 0. The Hall–Kier alpha value is -0.310. The summed E-state index contributed by atoms with van der Waals surface area (Å²) < 4.78 is 2.35. The van der Waals surface area contributed by atoms with Gasteiger partial charge in [0, 0.05) is 0 Å². The van der Waals surface area contributed by atoms with Gasteiger partial charge in [-0.15, -0.1) is 0 Å². The third-order valence-corrected chi connectivity index (χ3v) is 3.75. The monoisotopic (exact) mass is 330 g/mol. The molecule has 0 aliphatic rings. The quantitative estimate of drug-likeness (QED) is 0.471. The van der Waals surface area contributed by atoms with Crippen LogP contribution < -0.4 is 21.5 Å². The zero-order valence-corrected chi connectivity index (χ0v) is 14.3. The number of aromatic amines is 1. The van der Waals surface area contributed by atoms with Crippen molar-refractivity contribution in [3.63, 3.8) is 0 Å². The van der Waals surface area contributed by atoms with Crippen molar-refractivity contribution in [2.24, 2.45) is 0 Å². The molecule has 0 aromatic carbocycles. The van der Waals surface area contributed by atoms with Gasteiger partial charge in [0.05, 0.1) is 0 Å². The molecule has 1 N–H and O–H groups in total. The maximum Gasteiger partial charge on any atom is 0.241 e. The van der Waals surface area contributed by atoms with Gasteiger partial charge in [0.1, 0.15) is 18.4 Å². The van der Waals surface area contributed by atoms with E-state index in [0.717, 1.165) is 0 Å². The van der Waals surface area contributed by atoms with Gasteiger partial charge in [-0.25, -0.2) is 4.57 Å². The molecule has 0 bridgehead atoms. The molecule has 0 radical (unpaired) electrons. The number of imidazole rings is 1. The molecule has 0 saturated carbocycles. The molecular weight excluding hydrogens is 300 g/mol. The van der Waals surface area contributed by atoms with Crippen LogP contribution in [0.1, 0.15) is 84.1 Å². The summed E-state index contributed by atoms with van der Waals surface area (Å²) in [5, 5.41) is 0. The molecule has 0 fully saturated rings. The number of nitrogens with zero attached hydrogens (tertiary/aromatic N) is 1. The molecule has 0 saturated heterocycles. The summed E-state index contributed by atoms with van der Waals surface area (Å²) in [4.78, 5) is 3.16. The predicted octanol–water partition coefficient (Wildman–Crippen LogP) is 1.79. The van der Waals surface area contributed by atoms with Gasteiger partial charge < -0.3 is 17.0 Å². The van der Waals surface area contributed by atoms with E-state index < -0.39 is 0 Å². The number of nitrogens with one attached hydrogen (secondary N) is 1. The van der Waals surface area contributed by atoms with E-state index in [0.29, 0.717) is 6.04 Å². The second kappa shape index (κ2) is 12.7. The third-order valence-electron chi connectivity index (χ3n) is 3.75. The van der Waals surface area contributed by atoms with Gasteiger partial charge in [-0.1, -0.05) is 58.8 Å². The molecule has 112 valence electrons. The summed E-state index contributed by atoms with van der Waals surface area (Å²) in [6, 6.07) is 0.705. The van der Waals surface area contributed by atoms with Crippen LogP contribution in [0.3, 0.4) is 0 Å². The number of rotatable bonds is 11. The van der Waals surface area contributed by atoms with E-state index in [1.165, 1.54) is 64.2 Å². The Kier molecular flexibility index (Phi) is 12.5. The topological polar surface area (TPSA) is 19.7 Å². The molecule has 1 atom stereocenters. The lowest BCUT2D eigenvalue weighted by molar-refractivity contribution is -0.723. The first-order chi connectivity index (χ1) is 8.88. The highest BCUT2D eigenvalue weighted by molar-refractivity contribution is 4.60. The molecule has 1 heterocycles. The Morgan fingerprint density at radius 2 is 1.58 bits per heavy atom. The number of halogens is 1. The molecule has 19 heavy (non-hydrogen) atoms. The maximum absolute atomic E-state index is 3.16. The van der Waals surface area contributed by atoms with Gasteiger partial charge in [-0.2, -0.15) is 0 Å². The molecule has 1 rings (SSSR count). The van der Waals surface area contributed by atoms with E-state index in [1.54, 1.807) is 0 Å². The minimum absolute atomic E-state index is 0. The Balaban J connectivity index is 0.00000324. The Bertz CT molecular complexity index is 272. The fourth-order valence-corrected chi connectivity index (χ4v) is 2.64. The Labute approximate surface area is 129 Å². The molecule has 3 heteroatoms.